The van der Waals surface area contributed by atoms with E-state index in [0.29, 0.717) is 29.6 Å². The first-order chi connectivity index (χ1) is 15.2. The number of carbonyl (C=O) groups excluding carboxylic acids is 1. The maximum atomic E-state index is 11.9. The quantitative estimate of drug-likeness (QED) is 0.765. The molecular formula is C24H28N2O5. The molecule has 0 spiro atoms. The molecule has 1 unspecified atom stereocenters. The Kier molecular flexibility index (Phi) is 5.59. The molecule has 0 saturated carbocycles. The number of nitrogens with zero attached hydrogens (tertiary/aromatic N) is 1. The summed E-state index contributed by atoms with van der Waals surface area (Å²) in [6, 6.07) is 11.6. The zero-order chi connectivity index (χ0) is 21.2. The molecule has 0 amide bonds. The average Bonchev–Trinajstić information content (AvgIpc) is 3.20. The Labute approximate surface area is 182 Å². The second-order valence-electron chi connectivity index (χ2n) is 8.29. The summed E-state index contributed by atoms with van der Waals surface area (Å²) in [5.74, 6) is 3.57. The van der Waals surface area contributed by atoms with Crippen molar-refractivity contribution in [3.8, 4) is 23.0 Å². The standard InChI is InChI=1S/C24H28N2O5/c1-28-21-6-3-7-22-24(21)31-17(14-29-22)13-25-12-16-8-10-26(11-9-16)19-5-2-4-18-20(27)15-30-23(18)19/h2-7,16-17,25H,8-15H2,1H3. The summed E-state index contributed by atoms with van der Waals surface area (Å²) < 4.78 is 23.0. The number of hydrogen-bond acceptors (Lipinski definition) is 7. The first-order valence-corrected chi connectivity index (χ1v) is 10.9. The monoisotopic (exact) mass is 424 g/mol. The number of anilines is 1. The van der Waals surface area contributed by atoms with Crippen molar-refractivity contribution in [2.24, 2.45) is 5.92 Å². The molecule has 164 valence electrons. The van der Waals surface area contributed by atoms with Crippen LogP contribution in [0.5, 0.6) is 23.0 Å². The van der Waals surface area contributed by atoms with Crippen molar-refractivity contribution in [2.75, 3.05) is 51.4 Å². The molecule has 0 aromatic heterocycles. The highest BCUT2D eigenvalue weighted by Crippen LogP contribution is 2.40. The third-order valence-corrected chi connectivity index (χ3v) is 6.27. The van der Waals surface area contributed by atoms with Crippen molar-refractivity contribution in [1.82, 2.24) is 5.32 Å². The number of ketones is 1. The maximum absolute atomic E-state index is 11.9. The number of hydrogen-bond donors (Lipinski definition) is 1. The van der Waals surface area contributed by atoms with E-state index in [2.05, 4.69) is 16.3 Å². The molecule has 5 rings (SSSR count). The number of Topliss-reactive ketones (excluding diaryl/α,β-unsaturated/α-hetero) is 1. The van der Waals surface area contributed by atoms with Gasteiger partial charge in [0.15, 0.2) is 23.9 Å². The van der Waals surface area contributed by atoms with Crippen LogP contribution in [0.3, 0.4) is 0 Å². The molecule has 31 heavy (non-hydrogen) atoms. The normalized spacial score (nSPS) is 20.4. The van der Waals surface area contributed by atoms with Crippen LogP contribution in [0, 0.1) is 5.92 Å². The van der Waals surface area contributed by atoms with Crippen molar-refractivity contribution in [3.05, 3.63) is 42.0 Å². The molecule has 0 aliphatic carbocycles. The smallest absolute Gasteiger partial charge is 0.204 e. The number of para-hydroxylation sites is 2. The second kappa shape index (κ2) is 8.67. The second-order valence-corrected chi connectivity index (χ2v) is 8.29. The van der Waals surface area contributed by atoms with Gasteiger partial charge >= 0.3 is 0 Å². The lowest BCUT2D eigenvalue weighted by molar-refractivity contribution is 0.0855. The van der Waals surface area contributed by atoms with Crippen LogP contribution in [0.15, 0.2) is 36.4 Å². The van der Waals surface area contributed by atoms with Gasteiger partial charge in [0.25, 0.3) is 0 Å². The molecule has 2 aromatic rings. The molecule has 2 aromatic carbocycles. The van der Waals surface area contributed by atoms with Crippen LogP contribution in [0.2, 0.25) is 0 Å². The van der Waals surface area contributed by atoms with Crippen LogP contribution in [0.25, 0.3) is 0 Å². The summed E-state index contributed by atoms with van der Waals surface area (Å²) in [6.45, 7) is 4.32. The van der Waals surface area contributed by atoms with E-state index in [-0.39, 0.29) is 18.5 Å². The van der Waals surface area contributed by atoms with E-state index < -0.39 is 0 Å². The summed E-state index contributed by atoms with van der Waals surface area (Å²) in [5, 5.41) is 3.56. The fraction of sp³-hybridized carbons (Fsp3) is 0.458. The van der Waals surface area contributed by atoms with Gasteiger partial charge in [-0.1, -0.05) is 12.1 Å². The van der Waals surface area contributed by atoms with Crippen molar-refractivity contribution in [1.29, 1.82) is 0 Å². The Bertz CT molecular complexity index is 941. The topological polar surface area (TPSA) is 69.3 Å². The Balaban J connectivity index is 1.10. The zero-order valence-corrected chi connectivity index (χ0v) is 17.8. The summed E-state index contributed by atoms with van der Waals surface area (Å²) in [7, 11) is 1.64. The fourth-order valence-electron chi connectivity index (χ4n) is 4.56. The Morgan fingerprint density at radius 3 is 2.74 bits per heavy atom. The third-order valence-electron chi connectivity index (χ3n) is 6.27. The average molecular weight is 424 g/mol. The molecule has 0 bridgehead atoms. The fourth-order valence-corrected chi connectivity index (χ4v) is 4.56. The molecular weight excluding hydrogens is 396 g/mol. The Morgan fingerprint density at radius 1 is 1.06 bits per heavy atom. The van der Waals surface area contributed by atoms with Gasteiger partial charge in [0.2, 0.25) is 11.5 Å². The van der Waals surface area contributed by atoms with Gasteiger partial charge in [-0.3, -0.25) is 4.79 Å². The number of piperidine rings is 1. The third kappa shape index (κ3) is 4.02. The highest BCUT2D eigenvalue weighted by Gasteiger charge is 2.29. The Morgan fingerprint density at radius 2 is 1.90 bits per heavy atom. The summed E-state index contributed by atoms with van der Waals surface area (Å²) >= 11 is 0. The Hall–Kier alpha value is -2.93. The van der Waals surface area contributed by atoms with Crippen molar-refractivity contribution < 1.29 is 23.7 Å². The summed E-state index contributed by atoms with van der Waals surface area (Å²) in [6.07, 6.45) is 2.16. The summed E-state index contributed by atoms with van der Waals surface area (Å²) in [5.41, 5.74) is 1.77. The predicted molar refractivity (Wildman–Crippen MR) is 117 cm³/mol. The lowest BCUT2D eigenvalue weighted by Gasteiger charge is -2.34. The first-order valence-electron chi connectivity index (χ1n) is 10.9. The van der Waals surface area contributed by atoms with Gasteiger partial charge in [0, 0.05) is 19.6 Å². The highest BCUT2D eigenvalue weighted by molar-refractivity contribution is 6.04. The number of carbonyl (C=O) groups is 1. The lowest BCUT2D eigenvalue weighted by atomic mass is 9.96. The minimum absolute atomic E-state index is 0.0366. The van der Waals surface area contributed by atoms with E-state index in [1.165, 1.54) is 0 Å². The van der Waals surface area contributed by atoms with Gasteiger partial charge in [0.05, 0.1) is 18.4 Å². The van der Waals surface area contributed by atoms with E-state index >= 15 is 0 Å². The van der Waals surface area contributed by atoms with Crippen LogP contribution in [-0.2, 0) is 0 Å². The number of rotatable bonds is 6. The van der Waals surface area contributed by atoms with E-state index in [1.807, 2.05) is 30.3 Å². The number of ether oxygens (including phenoxy) is 4. The number of nitrogens with one attached hydrogen (secondary N) is 1. The molecule has 7 nitrogen and oxygen atoms in total. The zero-order valence-electron chi connectivity index (χ0n) is 17.8. The van der Waals surface area contributed by atoms with Crippen LogP contribution >= 0.6 is 0 Å². The van der Waals surface area contributed by atoms with Crippen LogP contribution in [-0.4, -0.2) is 58.4 Å². The lowest BCUT2D eigenvalue weighted by Crippen LogP contribution is -2.42. The van der Waals surface area contributed by atoms with Crippen LogP contribution < -0.4 is 29.2 Å². The predicted octanol–water partition coefficient (Wildman–Crippen LogP) is 2.92. The molecule has 3 aliphatic heterocycles. The molecule has 1 saturated heterocycles. The largest absolute Gasteiger partial charge is 0.493 e. The molecule has 0 radical (unpaired) electrons. The number of fused-ring (bicyclic) bond motifs is 2. The molecule has 1 N–H and O–H groups in total. The van der Waals surface area contributed by atoms with E-state index in [9.17, 15) is 4.79 Å². The van der Waals surface area contributed by atoms with Crippen molar-refractivity contribution >= 4 is 11.5 Å². The molecule has 1 fully saturated rings. The molecule has 3 heterocycles. The molecule has 3 aliphatic rings. The van der Waals surface area contributed by atoms with Crippen LogP contribution in [0.1, 0.15) is 23.2 Å². The number of methoxy groups -OCH3 is 1. The minimum Gasteiger partial charge on any atom is -0.493 e. The highest BCUT2D eigenvalue weighted by atomic mass is 16.6. The van der Waals surface area contributed by atoms with Crippen LogP contribution in [0.4, 0.5) is 5.69 Å². The van der Waals surface area contributed by atoms with Gasteiger partial charge < -0.3 is 29.2 Å². The minimum atomic E-state index is -0.0366. The van der Waals surface area contributed by atoms with Gasteiger partial charge in [-0.2, -0.15) is 0 Å². The molecule has 7 heteroatoms. The van der Waals surface area contributed by atoms with Gasteiger partial charge in [-0.15, -0.1) is 0 Å². The van der Waals surface area contributed by atoms with E-state index in [0.717, 1.165) is 56.2 Å². The van der Waals surface area contributed by atoms with E-state index in [1.54, 1.807) is 7.11 Å². The van der Waals surface area contributed by atoms with Crippen molar-refractivity contribution in [2.45, 2.75) is 18.9 Å². The number of benzene rings is 2. The van der Waals surface area contributed by atoms with Gasteiger partial charge in [0.1, 0.15) is 12.7 Å². The maximum Gasteiger partial charge on any atom is 0.204 e. The molecule has 1 atom stereocenters. The summed E-state index contributed by atoms with van der Waals surface area (Å²) in [4.78, 5) is 14.3. The first kappa shape index (κ1) is 20.0. The SMILES string of the molecule is COc1cccc2c1OC(CNCC1CCN(c3cccc4c3OCC4=O)CC1)CO2. The van der Waals surface area contributed by atoms with Gasteiger partial charge in [-0.25, -0.2) is 0 Å². The van der Waals surface area contributed by atoms with E-state index in [4.69, 9.17) is 18.9 Å². The van der Waals surface area contributed by atoms with Crippen molar-refractivity contribution in [3.63, 3.8) is 0 Å². The van der Waals surface area contributed by atoms with Gasteiger partial charge in [-0.05, 0) is 49.6 Å².